The fraction of sp³-hybridized carbons (Fsp3) is 0.500. The lowest BCUT2D eigenvalue weighted by molar-refractivity contribution is -0.140. The minimum absolute atomic E-state index is 0.0605. The highest BCUT2D eigenvalue weighted by molar-refractivity contribution is 7.99. The molecule has 25 heavy (non-hydrogen) atoms. The summed E-state index contributed by atoms with van der Waals surface area (Å²) in [4.78, 5) is 42.2. The summed E-state index contributed by atoms with van der Waals surface area (Å²) in [5.74, 6) is -0.773. The predicted molar refractivity (Wildman–Crippen MR) is 99.5 cm³/mol. The third kappa shape index (κ3) is 4.21. The minimum atomic E-state index is -0.512. The van der Waals surface area contributed by atoms with Crippen LogP contribution in [-0.2, 0) is 14.3 Å². The molecule has 1 N–H and O–H groups in total. The molecule has 2 aromatic heterocycles. The molecule has 9 heteroatoms. The van der Waals surface area contributed by atoms with Crippen molar-refractivity contribution in [3.8, 4) is 0 Å². The summed E-state index contributed by atoms with van der Waals surface area (Å²) >= 11 is 2.66. The van der Waals surface area contributed by atoms with Crippen LogP contribution >= 0.6 is 23.1 Å². The van der Waals surface area contributed by atoms with Gasteiger partial charge in [-0.2, -0.15) is 0 Å². The maximum absolute atomic E-state index is 12.9. The van der Waals surface area contributed by atoms with E-state index in [2.05, 4.69) is 15.0 Å². The van der Waals surface area contributed by atoms with Crippen molar-refractivity contribution in [1.82, 2.24) is 14.9 Å². The van der Waals surface area contributed by atoms with E-state index in [1.807, 2.05) is 27.7 Å². The molecule has 0 aromatic carbocycles. The molecule has 0 atom stereocenters. The van der Waals surface area contributed by atoms with E-state index in [-0.39, 0.29) is 29.8 Å². The van der Waals surface area contributed by atoms with Crippen LogP contribution in [0.1, 0.15) is 30.3 Å². The fourth-order valence-electron chi connectivity index (χ4n) is 2.27. The van der Waals surface area contributed by atoms with Gasteiger partial charge in [0.05, 0.1) is 18.2 Å². The number of rotatable bonds is 6. The Balaban J connectivity index is 2.28. The highest BCUT2D eigenvalue weighted by Gasteiger charge is 2.19. The number of aromatic nitrogens is 2. The first-order chi connectivity index (χ1) is 11.8. The van der Waals surface area contributed by atoms with Crippen molar-refractivity contribution in [3.63, 3.8) is 0 Å². The Kier molecular flexibility index (Phi) is 6.23. The number of aryl methyl sites for hydroxylation is 2. The van der Waals surface area contributed by atoms with E-state index >= 15 is 0 Å². The molecule has 0 aliphatic carbocycles. The van der Waals surface area contributed by atoms with Gasteiger partial charge in [-0.3, -0.25) is 19.0 Å². The largest absolute Gasteiger partial charge is 0.468 e. The molecule has 0 aliphatic rings. The van der Waals surface area contributed by atoms with E-state index in [9.17, 15) is 14.4 Å². The summed E-state index contributed by atoms with van der Waals surface area (Å²) < 4.78 is 6.09. The van der Waals surface area contributed by atoms with Crippen molar-refractivity contribution < 1.29 is 14.3 Å². The Labute approximate surface area is 153 Å². The Morgan fingerprint density at radius 3 is 2.64 bits per heavy atom. The van der Waals surface area contributed by atoms with Crippen LogP contribution < -0.4 is 10.9 Å². The van der Waals surface area contributed by atoms with Gasteiger partial charge in [-0.05, 0) is 33.3 Å². The number of esters is 1. The van der Waals surface area contributed by atoms with E-state index in [0.29, 0.717) is 15.4 Å². The molecule has 0 saturated heterocycles. The van der Waals surface area contributed by atoms with E-state index in [1.165, 1.54) is 30.2 Å². The van der Waals surface area contributed by atoms with Gasteiger partial charge in [0, 0.05) is 10.9 Å². The fourth-order valence-corrected chi connectivity index (χ4v) is 4.30. The lowest BCUT2D eigenvalue weighted by atomic mass is 10.2. The molecule has 136 valence electrons. The van der Waals surface area contributed by atoms with Crippen molar-refractivity contribution in [2.24, 2.45) is 0 Å². The molecule has 0 unspecified atom stereocenters. The zero-order valence-electron chi connectivity index (χ0n) is 14.8. The van der Waals surface area contributed by atoms with Crippen molar-refractivity contribution in [2.45, 2.75) is 38.9 Å². The Hall–Kier alpha value is -1.87. The molecular weight excluding hydrogens is 362 g/mol. The molecule has 0 spiro atoms. The molecule has 0 saturated carbocycles. The first-order valence-corrected chi connectivity index (χ1v) is 9.55. The third-order valence-electron chi connectivity index (χ3n) is 3.71. The first-order valence-electron chi connectivity index (χ1n) is 7.74. The second-order valence-electron chi connectivity index (χ2n) is 5.77. The number of methoxy groups -OCH3 is 1. The molecule has 0 bridgehead atoms. The second-order valence-corrected chi connectivity index (χ2v) is 7.91. The Morgan fingerprint density at radius 1 is 1.36 bits per heavy atom. The summed E-state index contributed by atoms with van der Waals surface area (Å²) in [7, 11) is 1.26. The maximum atomic E-state index is 12.9. The monoisotopic (exact) mass is 383 g/mol. The molecular formula is C16H21N3O4S2. The van der Waals surface area contributed by atoms with Gasteiger partial charge in [0.25, 0.3) is 5.56 Å². The number of nitrogens with zero attached hydrogens (tertiary/aromatic N) is 2. The van der Waals surface area contributed by atoms with Crippen LogP contribution in [0.2, 0.25) is 0 Å². The zero-order chi connectivity index (χ0) is 18.7. The zero-order valence-corrected chi connectivity index (χ0v) is 16.5. The number of fused-ring (bicyclic) bond motifs is 1. The topological polar surface area (TPSA) is 90.3 Å². The highest BCUT2D eigenvalue weighted by Crippen LogP contribution is 2.29. The predicted octanol–water partition coefficient (Wildman–Crippen LogP) is 2.04. The second kappa shape index (κ2) is 8.01. The molecule has 2 heterocycles. The number of carbonyl (C=O) groups is 2. The lowest BCUT2D eigenvalue weighted by Crippen LogP contribution is -2.32. The van der Waals surface area contributed by atoms with E-state index < -0.39 is 5.97 Å². The van der Waals surface area contributed by atoms with Crippen LogP contribution in [0.25, 0.3) is 10.2 Å². The van der Waals surface area contributed by atoms with Crippen LogP contribution in [-0.4, -0.2) is 40.8 Å². The molecule has 7 nitrogen and oxygen atoms in total. The van der Waals surface area contributed by atoms with Crippen LogP contribution in [0.5, 0.6) is 0 Å². The Bertz CT molecular complexity index is 870. The van der Waals surface area contributed by atoms with Crippen LogP contribution in [0.15, 0.2) is 9.95 Å². The van der Waals surface area contributed by atoms with Gasteiger partial charge in [0.15, 0.2) is 5.16 Å². The van der Waals surface area contributed by atoms with Gasteiger partial charge in [-0.25, -0.2) is 4.98 Å². The van der Waals surface area contributed by atoms with E-state index in [1.54, 1.807) is 4.57 Å². The maximum Gasteiger partial charge on any atom is 0.325 e. The molecule has 0 fully saturated rings. The number of amides is 1. The van der Waals surface area contributed by atoms with Crippen molar-refractivity contribution in [1.29, 1.82) is 0 Å². The smallest absolute Gasteiger partial charge is 0.325 e. The number of thiophene rings is 1. The quantitative estimate of drug-likeness (QED) is 0.466. The van der Waals surface area contributed by atoms with Gasteiger partial charge >= 0.3 is 5.97 Å². The molecule has 2 aromatic rings. The summed E-state index contributed by atoms with van der Waals surface area (Å²) in [5.41, 5.74) is 0.874. The summed E-state index contributed by atoms with van der Waals surface area (Å²) in [5, 5.41) is 3.62. The average molecular weight is 383 g/mol. The summed E-state index contributed by atoms with van der Waals surface area (Å²) in [6.07, 6.45) is 0. The van der Waals surface area contributed by atoms with E-state index in [4.69, 9.17) is 0 Å². The van der Waals surface area contributed by atoms with Crippen LogP contribution in [0.4, 0.5) is 0 Å². The number of hydrogen-bond donors (Lipinski definition) is 1. The van der Waals surface area contributed by atoms with Gasteiger partial charge in [-0.1, -0.05) is 11.8 Å². The van der Waals surface area contributed by atoms with Gasteiger partial charge < -0.3 is 10.1 Å². The van der Waals surface area contributed by atoms with Gasteiger partial charge in [0.1, 0.15) is 11.4 Å². The SMILES string of the molecule is COC(=O)CNC(=O)CSc1nc2sc(C)c(C)c2c(=O)n1C(C)C. The minimum Gasteiger partial charge on any atom is -0.468 e. The van der Waals surface area contributed by atoms with Crippen molar-refractivity contribution in [2.75, 3.05) is 19.4 Å². The number of thioether (sulfide) groups is 1. The van der Waals surface area contributed by atoms with Gasteiger partial charge in [0.2, 0.25) is 5.91 Å². The first kappa shape index (κ1) is 19.5. The number of carbonyl (C=O) groups excluding carboxylic acids is 2. The summed E-state index contributed by atoms with van der Waals surface area (Å²) in [6, 6.07) is -0.0790. The third-order valence-corrected chi connectivity index (χ3v) is 5.76. The van der Waals surface area contributed by atoms with Crippen molar-refractivity contribution >= 4 is 45.2 Å². The molecule has 0 aliphatic heterocycles. The molecule has 1 amide bonds. The van der Waals surface area contributed by atoms with Crippen molar-refractivity contribution in [3.05, 3.63) is 20.8 Å². The normalized spacial score (nSPS) is 11.1. The number of hydrogen-bond acceptors (Lipinski definition) is 7. The van der Waals surface area contributed by atoms with Crippen LogP contribution in [0.3, 0.4) is 0 Å². The van der Waals surface area contributed by atoms with Gasteiger partial charge in [-0.15, -0.1) is 11.3 Å². The Morgan fingerprint density at radius 2 is 2.04 bits per heavy atom. The lowest BCUT2D eigenvalue weighted by Gasteiger charge is -2.15. The number of ether oxygens (including phenoxy) is 1. The molecule has 0 radical (unpaired) electrons. The molecule has 2 rings (SSSR count). The highest BCUT2D eigenvalue weighted by atomic mass is 32.2. The standard InChI is InChI=1S/C16H21N3O4S2/c1-8(2)19-15(22)13-9(3)10(4)25-14(13)18-16(19)24-7-11(20)17-6-12(21)23-5/h8H,6-7H2,1-5H3,(H,17,20). The number of nitrogens with one attached hydrogen (secondary N) is 1. The van der Waals surface area contributed by atoms with E-state index in [0.717, 1.165) is 10.4 Å². The average Bonchev–Trinajstić information content (AvgIpc) is 2.84. The van der Waals surface area contributed by atoms with Crippen LogP contribution in [0, 0.1) is 13.8 Å². The summed E-state index contributed by atoms with van der Waals surface area (Å²) in [6.45, 7) is 7.53.